The average Bonchev–Trinajstić information content (AvgIpc) is 3.10. The minimum Gasteiger partial charge on any atom is -0.298 e. The van der Waals surface area contributed by atoms with Crippen LogP contribution < -0.4 is 14.9 Å². The van der Waals surface area contributed by atoms with Crippen LogP contribution in [0.4, 0.5) is 0 Å². The number of hydroxylamine groups is 1. The number of rotatable bonds is 16. The lowest BCUT2D eigenvalue weighted by Crippen LogP contribution is -2.54. The van der Waals surface area contributed by atoms with E-state index in [0.717, 1.165) is 32.1 Å². The monoisotopic (exact) mass is 537 g/mol. The molecule has 4 atom stereocenters. The van der Waals surface area contributed by atoms with Gasteiger partial charge >= 0.3 is 0 Å². The highest BCUT2D eigenvalue weighted by molar-refractivity contribution is 7.91. The molecule has 10 nitrogen and oxygen atoms in total. The number of carbonyl (C=O) groups is 2. The van der Waals surface area contributed by atoms with Crippen LogP contribution in [0, 0.1) is 16.7 Å². The van der Waals surface area contributed by atoms with Gasteiger partial charge in [-0.1, -0.05) is 72.6 Å². The molecule has 0 radical (unpaired) electrons. The number of fused-ring (bicyclic) bond motifs is 2. The molecule has 2 rings (SSSR count). The van der Waals surface area contributed by atoms with Crippen LogP contribution in [0.25, 0.3) is 0 Å². The summed E-state index contributed by atoms with van der Waals surface area (Å²) in [6.45, 7) is 7.13. The highest BCUT2D eigenvalue weighted by atomic mass is 32.2. The lowest BCUT2D eigenvalue weighted by Gasteiger charge is -2.32. The zero-order valence-electron chi connectivity index (χ0n) is 21.4. The SMILES string of the molecule is CCCCCCCCCCS(=O)(=O)NC(CNS(=O)(=O)C1C(=O)C2(C)CCC1C2(C)C)C(=O)NO. The van der Waals surface area contributed by atoms with Crippen molar-refractivity contribution in [1.29, 1.82) is 0 Å². The first-order valence-electron chi connectivity index (χ1n) is 12.7. The number of carbonyl (C=O) groups excluding carboxylic acids is 2. The summed E-state index contributed by atoms with van der Waals surface area (Å²) in [6.07, 6.45) is 9.00. The van der Waals surface area contributed by atoms with Crippen LogP contribution in [0.3, 0.4) is 0 Å². The fourth-order valence-corrected chi connectivity index (χ4v) is 8.97. The maximum absolute atomic E-state index is 13.1. The fourth-order valence-electron chi connectivity index (χ4n) is 5.62. The third kappa shape index (κ3) is 6.82. The van der Waals surface area contributed by atoms with E-state index in [1.165, 1.54) is 18.3 Å². The molecule has 2 aliphatic carbocycles. The van der Waals surface area contributed by atoms with E-state index in [2.05, 4.69) is 16.4 Å². The molecule has 4 unspecified atom stereocenters. The maximum Gasteiger partial charge on any atom is 0.262 e. The molecular formula is C23H43N3O7S2. The molecule has 0 spiro atoms. The number of ketones is 1. The number of hydrogen-bond acceptors (Lipinski definition) is 7. The third-order valence-electron chi connectivity index (χ3n) is 8.31. The molecule has 1 amide bonds. The zero-order chi connectivity index (χ0) is 26.5. The van der Waals surface area contributed by atoms with Crippen LogP contribution in [-0.4, -0.2) is 57.3 Å². The quantitative estimate of drug-likeness (QED) is 0.133. The summed E-state index contributed by atoms with van der Waals surface area (Å²) in [5.41, 5.74) is 0.159. The van der Waals surface area contributed by atoms with Crippen LogP contribution >= 0.6 is 0 Å². The van der Waals surface area contributed by atoms with Crippen molar-refractivity contribution in [1.82, 2.24) is 14.9 Å². The van der Waals surface area contributed by atoms with Crippen molar-refractivity contribution in [3.05, 3.63) is 0 Å². The van der Waals surface area contributed by atoms with Gasteiger partial charge in [-0.2, -0.15) is 0 Å². The molecule has 0 aromatic carbocycles. The molecule has 35 heavy (non-hydrogen) atoms. The largest absolute Gasteiger partial charge is 0.298 e. The lowest BCUT2D eigenvalue weighted by atomic mass is 9.70. The van der Waals surface area contributed by atoms with Gasteiger partial charge in [0.05, 0.1) is 5.75 Å². The summed E-state index contributed by atoms with van der Waals surface area (Å²) in [5.74, 6) is -2.00. The Morgan fingerprint density at radius 1 is 1.03 bits per heavy atom. The second kappa shape index (κ2) is 12.0. The Morgan fingerprint density at radius 3 is 2.11 bits per heavy atom. The van der Waals surface area contributed by atoms with Gasteiger partial charge < -0.3 is 0 Å². The predicted molar refractivity (Wildman–Crippen MR) is 134 cm³/mol. The van der Waals surface area contributed by atoms with Crippen LogP contribution in [-0.2, 0) is 29.6 Å². The number of sulfonamides is 2. The molecule has 0 aromatic heterocycles. The first-order chi connectivity index (χ1) is 16.2. The Balaban J connectivity index is 1.94. The highest BCUT2D eigenvalue weighted by Gasteiger charge is 2.69. The first kappa shape index (κ1) is 30.1. The van der Waals surface area contributed by atoms with Gasteiger partial charge in [0.25, 0.3) is 5.91 Å². The van der Waals surface area contributed by atoms with Gasteiger partial charge in [-0.05, 0) is 30.6 Å². The van der Waals surface area contributed by atoms with Crippen LogP contribution in [0.1, 0.15) is 91.9 Å². The number of Topliss-reactive ketones (excluding diaryl/α,β-unsaturated/α-hetero) is 1. The van der Waals surface area contributed by atoms with Gasteiger partial charge in [0.1, 0.15) is 11.3 Å². The molecule has 0 aromatic rings. The summed E-state index contributed by atoms with van der Waals surface area (Å²) in [5, 5.41) is 7.80. The van der Waals surface area contributed by atoms with E-state index in [1.807, 2.05) is 13.8 Å². The van der Waals surface area contributed by atoms with Gasteiger partial charge in [-0.15, -0.1) is 0 Å². The Kier molecular flexibility index (Phi) is 10.3. The van der Waals surface area contributed by atoms with Gasteiger partial charge in [0.2, 0.25) is 20.0 Å². The Labute approximate surface area is 210 Å². The number of unbranched alkanes of at least 4 members (excludes halogenated alkanes) is 7. The fraction of sp³-hybridized carbons (Fsp3) is 0.913. The second-order valence-corrected chi connectivity index (χ2v) is 14.6. The summed E-state index contributed by atoms with van der Waals surface area (Å²) < 4.78 is 55.6. The van der Waals surface area contributed by atoms with Crippen molar-refractivity contribution in [2.75, 3.05) is 12.3 Å². The molecule has 12 heteroatoms. The smallest absolute Gasteiger partial charge is 0.262 e. The van der Waals surface area contributed by atoms with Crippen molar-refractivity contribution in [2.24, 2.45) is 16.7 Å². The van der Waals surface area contributed by atoms with Crippen LogP contribution in [0.5, 0.6) is 0 Å². The minimum absolute atomic E-state index is 0.209. The van der Waals surface area contributed by atoms with E-state index >= 15 is 0 Å². The molecule has 2 aliphatic rings. The van der Waals surface area contributed by atoms with Crippen LogP contribution in [0.2, 0.25) is 0 Å². The van der Waals surface area contributed by atoms with E-state index in [1.54, 1.807) is 6.92 Å². The zero-order valence-corrected chi connectivity index (χ0v) is 23.1. The van der Waals surface area contributed by atoms with Crippen LogP contribution in [0.15, 0.2) is 0 Å². The number of hydrogen-bond donors (Lipinski definition) is 4. The molecule has 0 aliphatic heterocycles. The second-order valence-electron chi connectivity index (χ2n) is 10.8. The van der Waals surface area contributed by atoms with Crippen molar-refractivity contribution in [3.8, 4) is 0 Å². The summed E-state index contributed by atoms with van der Waals surface area (Å²) >= 11 is 0. The van der Waals surface area contributed by atoms with Gasteiger partial charge in [0.15, 0.2) is 5.78 Å². The Hall–Kier alpha value is -1.08. The summed E-state index contributed by atoms with van der Waals surface area (Å²) in [6, 6.07) is -1.55. The van der Waals surface area contributed by atoms with E-state index in [4.69, 9.17) is 5.21 Å². The number of amides is 1. The third-order valence-corrected chi connectivity index (χ3v) is 11.6. The maximum atomic E-state index is 13.1. The molecule has 4 N–H and O–H groups in total. The molecule has 204 valence electrons. The normalized spacial score (nSPS) is 26.7. The van der Waals surface area contributed by atoms with Crippen molar-refractivity contribution in [3.63, 3.8) is 0 Å². The van der Waals surface area contributed by atoms with E-state index in [0.29, 0.717) is 19.3 Å². The summed E-state index contributed by atoms with van der Waals surface area (Å²) in [4.78, 5) is 25.1. The van der Waals surface area contributed by atoms with E-state index in [-0.39, 0.29) is 17.5 Å². The van der Waals surface area contributed by atoms with Crippen molar-refractivity contribution in [2.45, 2.75) is 103 Å². The van der Waals surface area contributed by atoms with Gasteiger partial charge in [0, 0.05) is 12.0 Å². The first-order valence-corrected chi connectivity index (χ1v) is 15.9. The average molecular weight is 538 g/mol. The molecule has 2 fully saturated rings. The molecule has 0 heterocycles. The Bertz CT molecular complexity index is 966. The summed E-state index contributed by atoms with van der Waals surface area (Å²) in [7, 11) is -8.07. The number of nitrogens with one attached hydrogen (secondary N) is 3. The lowest BCUT2D eigenvalue weighted by molar-refractivity contribution is -0.130. The Morgan fingerprint density at radius 2 is 1.60 bits per heavy atom. The van der Waals surface area contributed by atoms with E-state index < -0.39 is 54.6 Å². The van der Waals surface area contributed by atoms with Gasteiger partial charge in [-0.3, -0.25) is 14.8 Å². The molecule has 2 saturated carbocycles. The van der Waals surface area contributed by atoms with Crippen molar-refractivity contribution < 1.29 is 31.6 Å². The predicted octanol–water partition coefficient (Wildman–Crippen LogP) is 2.23. The van der Waals surface area contributed by atoms with Crippen molar-refractivity contribution >= 4 is 31.7 Å². The standard InChI is InChI=1S/C23H43N3O7S2/c1-5-6-7-8-9-10-11-12-15-34(30,31)26-18(21(28)25-29)16-24-35(32,33)19-17-13-14-23(4,20(19)27)22(17,2)3/h17-19,24,26,29H,5-16H2,1-4H3,(H,25,28). The molecule has 2 bridgehead atoms. The molecule has 0 saturated heterocycles. The topological polar surface area (TPSA) is 159 Å². The molecular weight excluding hydrogens is 494 g/mol. The van der Waals surface area contributed by atoms with Gasteiger partial charge in [-0.25, -0.2) is 31.8 Å². The van der Waals surface area contributed by atoms with E-state index in [9.17, 15) is 26.4 Å². The minimum atomic E-state index is -4.17. The highest BCUT2D eigenvalue weighted by Crippen LogP contribution is 2.64.